The van der Waals surface area contributed by atoms with E-state index in [1.165, 1.54) is 23.2 Å². The molecule has 3 aromatic heterocycles. The van der Waals surface area contributed by atoms with Crippen LogP contribution >= 0.6 is 22.9 Å². The number of nitrogens with one attached hydrogen (secondary N) is 1. The van der Waals surface area contributed by atoms with E-state index in [1.807, 2.05) is 47.1 Å². The Balaban J connectivity index is 1.46. The summed E-state index contributed by atoms with van der Waals surface area (Å²) in [6, 6.07) is 18.9. The molecular weight excluding hydrogens is 568 g/mol. The number of carbonyl (C=O) groups excluding carboxylic acids is 2. The van der Waals surface area contributed by atoms with Crippen LogP contribution in [0.15, 0.2) is 66.9 Å². The molecule has 3 heterocycles. The highest BCUT2D eigenvalue weighted by Crippen LogP contribution is 2.44. The first kappa shape index (κ1) is 27.4. The van der Waals surface area contributed by atoms with E-state index in [1.54, 1.807) is 38.5 Å². The lowest BCUT2D eigenvalue weighted by Crippen LogP contribution is -2.21. The maximum absolute atomic E-state index is 12.6. The normalized spacial score (nSPS) is 11.6. The van der Waals surface area contributed by atoms with E-state index in [-0.39, 0.29) is 11.8 Å². The lowest BCUT2D eigenvalue weighted by Gasteiger charge is -2.16. The Morgan fingerprint density at radius 2 is 1.86 bits per heavy atom. The standard InChI is InChI=1S/C32H25ClN6O2S/c1-19(40)35-32-36-26-15-14-24-28(22-10-13-23(34-18-22)12-9-20-7-5-4-6-8-20)37-39(29(24)30(26)42-32)27-16-11-21(17-25(27)33)31(41)38(2)3/h4-8,10-11,13,16-18H,14-15H2,1-3H3,(H,35,36,40). The summed E-state index contributed by atoms with van der Waals surface area (Å²) in [7, 11) is 3.40. The Labute approximate surface area is 252 Å². The van der Waals surface area contributed by atoms with Crippen molar-refractivity contribution in [2.45, 2.75) is 19.8 Å². The largest absolute Gasteiger partial charge is 0.345 e. The third kappa shape index (κ3) is 5.30. The molecule has 0 radical (unpaired) electrons. The zero-order valence-electron chi connectivity index (χ0n) is 23.1. The van der Waals surface area contributed by atoms with Crippen LogP contribution in [0.25, 0.3) is 27.5 Å². The Kier molecular flexibility index (Phi) is 7.33. The first-order valence-corrected chi connectivity index (χ1v) is 14.4. The molecule has 0 aliphatic heterocycles. The predicted molar refractivity (Wildman–Crippen MR) is 165 cm³/mol. The molecule has 0 bridgehead atoms. The average Bonchev–Trinajstić information content (AvgIpc) is 3.57. The molecule has 2 amide bonds. The van der Waals surface area contributed by atoms with Gasteiger partial charge in [-0.05, 0) is 61.2 Å². The van der Waals surface area contributed by atoms with Gasteiger partial charge in [0.25, 0.3) is 5.91 Å². The van der Waals surface area contributed by atoms with Gasteiger partial charge in [0.15, 0.2) is 5.13 Å². The Morgan fingerprint density at radius 1 is 1.05 bits per heavy atom. The minimum atomic E-state index is -0.179. The molecule has 1 aliphatic rings. The van der Waals surface area contributed by atoms with Crippen molar-refractivity contribution in [3.63, 3.8) is 0 Å². The van der Waals surface area contributed by atoms with Crippen LogP contribution in [0, 0.1) is 11.8 Å². The van der Waals surface area contributed by atoms with Gasteiger partial charge in [-0.25, -0.2) is 14.6 Å². The molecule has 8 nitrogen and oxygen atoms in total. The van der Waals surface area contributed by atoms with Crippen molar-refractivity contribution in [1.29, 1.82) is 0 Å². The number of aromatic nitrogens is 4. The summed E-state index contributed by atoms with van der Waals surface area (Å²) in [4.78, 5) is 36.0. The second kappa shape index (κ2) is 11.2. The zero-order valence-corrected chi connectivity index (χ0v) is 24.7. The SMILES string of the molecule is CC(=O)Nc1nc2c(s1)-c1c(c(-c3ccc(C#Cc4ccccc4)nc3)nn1-c1ccc(C(=O)N(C)C)cc1Cl)CC2. The monoisotopic (exact) mass is 592 g/mol. The number of carbonyl (C=O) groups is 2. The van der Waals surface area contributed by atoms with Gasteiger partial charge >= 0.3 is 0 Å². The number of halogens is 1. The molecule has 42 heavy (non-hydrogen) atoms. The van der Waals surface area contributed by atoms with Gasteiger partial charge in [0, 0.05) is 49.5 Å². The number of fused-ring (bicyclic) bond motifs is 3. The highest BCUT2D eigenvalue weighted by molar-refractivity contribution is 7.19. The van der Waals surface area contributed by atoms with Crippen LogP contribution in [-0.2, 0) is 17.6 Å². The van der Waals surface area contributed by atoms with Crippen LogP contribution in [0.4, 0.5) is 5.13 Å². The summed E-state index contributed by atoms with van der Waals surface area (Å²) in [6.07, 6.45) is 3.19. The van der Waals surface area contributed by atoms with Gasteiger partial charge < -0.3 is 10.2 Å². The average molecular weight is 593 g/mol. The van der Waals surface area contributed by atoms with E-state index in [9.17, 15) is 9.59 Å². The number of rotatable bonds is 4. The highest BCUT2D eigenvalue weighted by Gasteiger charge is 2.30. The maximum Gasteiger partial charge on any atom is 0.253 e. The van der Waals surface area contributed by atoms with E-state index < -0.39 is 0 Å². The highest BCUT2D eigenvalue weighted by atomic mass is 35.5. The van der Waals surface area contributed by atoms with Gasteiger partial charge in [-0.15, -0.1) is 0 Å². The van der Waals surface area contributed by atoms with Gasteiger partial charge in [-0.2, -0.15) is 5.10 Å². The van der Waals surface area contributed by atoms with E-state index >= 15 is 0 Å². The second-order valence-corrected chi connectivity index (χ2v) is 11.4. The van der Waals surface area contributed by atoms with Gasteiger partial charge in [-0.3, -0.25) is 9.59 Å². The van der Waals surface area contributed by atoms with Crippen molar-refractivity contribution in [2.24, 2.45) is 0 Å². The lowest BCUT2D eigenvalue weighted by molar-refractivity contribution is -0.114. The van der Waals surface area contributed by atoms with Gasteiger partial charge in [0.1, 0.15) is 5.69 Å². The smallest absolute Gasteiger partial charge is 0.253 e. The summed E-state index contributed by atoms with van der Waals surface area (Å²) < 4.78 is 1.81. The number of anilines is 1. The van der Waals surface area contributed by atoms with Crippen molar-refractivity contribution in [3.05, 3.63) is 100.0 Å². The molecule has 1 aliphatic carbocycles. The lowest BCUT2D eigenvalue weighted by atomic mass is 9.95. The van der Waals surface area contributed by atoms with E-state index in [4.69, 9.17) is 16.7 Å². The molecule has 6 rings (SSSR count). The molecule has 0 saturated carbocycles. The van der Waals surface area contributed by atoms with Crippen molar-refractivity contribution in [2.75, 3.05) is 19.4 Å². The second-order valence-electron chi connectivity index (χ2n) is 9.98. The van der Waals surface area contributed by atoms with Crippen LogP contribution in [0.2, 0.25) is 5.02 Å². The van der Waals surface area contributed by atoms with Crippen molar-refractivity contribution in [3.8, 4) is 39.4 Å². The summed E-state index contributed by atoms with van der Waals surface area (Å²) in [5.41, 5.74) is 7.12. The Hall–Kier alpha value is -4.78. The minimum Gasteiger partial charge on any atom is -0.345 e. The summed E-state index contributed by atoms with van der Waals surface area (Å²) in [6.45, 7) is 1.46. The van der Waals surface area contributed by atoms with Crippen LogP contribution in [0.1, 0.15) is 39.8 Å². The van der Waals surface area contributed by atoms with E-state index in [2.05, 4.69) is 27.1 Å². The first-order valence-electron chi connectivity index (χ1n) is 13.2. The Bertz CT molecular complexity index is 1900. The maximum atomic E-state index is 12.6. The van der Waals surface area contributed by atoms with Crippen molar-refractivity contribution in [1.82, 2.24) is 24.6 Å². The molecule has 208 valence electrons. The number of pyridine rings is 1. The van der Waals surface area contributed by atoms with Crippen molar-refractivity contribution < 1.29 is 9.59 Å². The molecule has 1 N–H and O–H groups in total. The Morgan fingerprint density at radius 3 is 2.55 bits per heavy atom. The summed E-state index contributed by atoms with van der Waals surface area (Å²) in [5, 5.41) is 8.79. The number of amides is 2. The quantitative estimate of drug-likeness (QED) is 0.264. The summed E-state index contributed by atoms with van der Waals surface area (Å²) >= 11 is 8.20. The van der Waals surface area contributed by atoms with Crippen LogP contribution in [-0.4, -0.2) is 50.6 Å². The van der Waals surface area contributed by atoms with Crippen molar-refractivity contribution >= 4 is 39.9 Å². The molecule has 0 saturated heterocycles. The predicted octanol–water partition coefficient (Wildman–Crippen LogP) is 5.87. The fourth-order valence-corrected chi connectivity index (χ4v) is 6.19. The first-order chi connectivity index (χ1) is 20.3. The fraction of sp³-hybridized carbons (Fsp3) is 0.156. The van der Waals surface area contributed by atoms with Crippen LogP contribution in [0.3, 0.4) is 0 Å². The third-order valence-electron chi connectivity index (χ3n) is 6.77. The fourth-order valence-electron chi connectivity index (χ4n) is 4.82. The van der Waals surface area contributed by atoms with E-state index in [0.29, 0.717) is 39.9 Å². The number of thiazole rings is 1. The number of hydrogen-bond acceptors (Lipinski definition) is 6. The molecule has 2 aromatic carbocycles. The molecule has 10 heteroatoms. The van der Waals surface area contributed by atoms with Crippen LogP contribution in [0.5, 0.6) is 0 Å². The number of nitrogens with zero attached hydrogens (tertiary/aromatic N) is 5. The van der Waals surface area contributed by atoms with Crippen LogP contribution < -0.4 is 5.32 Å². The molecular formula is C32H25ClN6O2S. The number of hydrogen-bond donors (Lipinski definition) is 1. The summed E-state index contributed by atoms with van der Waals surface area (Å²) in [5.74, 6) is 5.94. The third-order valence-corrected chi connectivity index (χ3v) is 8.09. The molecule has 5 aromatic rings. The van der Waals surface area contributed by atoms with Gasteiger partial charge in [-0.1, -0.05) is 47.1 Å². The number of benzene rings is 2. The molecule has 0 atom stereocenters. The topological polar surface area (TPSA) is 93.0 Å². The van der Waals surface area contributed by atoms with Gasteiger partial charge in [0.2, 0.25) is 5.91 Å². The molecule has 0 unspecified atom stereocenters. The van der Waals surface area contributed by atoms with Gasteiger partial charge in [0.05, 0.1) is 32.7 Å². The van der Waals surface area contributed by atoms with E-state index in [0.717, 1.165) is 38.6 Å². The zero-order chi connectivity index (χ0) is 29.4. The number of aryl methyl sites for hydroxylation is 1. The molecule has 0 fully saturated rings. The minimum absolute atomic E-state index is 0.141. The molecule has 0 spiro atoms.